The molecule has 0 bridgehead atoms. The van der Waals surface area contributed by atoms with E-state index in [4.69, 9.17) is 0 Å². The third kappa shape index (κ3) is 2.50. The lowest BCUT2D eigenvalue weighted by Gasteiger charge is -1.99. The smallest absolute Gasteiger partial charge is 0.156 e. The van der Waals surface area contributed by atoms with Crippen molar-refractivity contribution in [1.82, 2.24) is 25.3 Å². The van der Waals surface area contributed by atoms with Crippen molar-refractivity contribution in [2.75, 3.05) is 0 Å². The van der Waals surface area contributed by atoms with Crippen LogP contribution in [0.15, 0.2) is 18.5 Å². The van der Waals surface area contributed by atoms with Gasteiger partial charge in [-0.3, -0.25) is 0 Å². The van der Waals surface area contributed by atoms with E-state index in [1.165, 1.54) is 12.8 Å². The molecule has 0 unspecified atom stereocenters. The van der Waals surface area contributed by atoms with Gasteiger partial charge in [0.05, 0.1) is 6.20 Å². The first-order valence-corrected chi connectivity index (χ1v) is 5.88. The number of rotatable bonds is 4. The number of nitrogens with zero attached hydrogens (tertiary/aromatic N) is 3. The molecule has 1 aliphatic rings. The summed E-state index contributed by atoms with van der Waals surface area (Å²) in [5, 5.41) is 3.45. The summed E-state index contributed by atoms with van der Waals surface area (Å²) in [6.07, 6.45) is 6.21. The molecule has 0 aliphatic heterocycles. The van der Waals surface area contributed by atoms with Crippen LogP contribution in [0, 0.1) is 6.92 Å². The van der Waals surface area contributed by atoms with Gasteiger partial charge < -0.3 is 10.3 Å². The molecule has 2 aromatic rings. The average Bonchev–Trinajstić information content (AvgIpc) is 3.04. The molecule has 1 saturated carbocycles. The number of aryl methyl sites for hydroxylation is 1. The molecule has 0 radical (unpaired) electrons. The lowest BCUT2D eigenvalue weighted by Crippen LogP contribution is -2.15. The summed E-state index contributed by atoms with van der Waals surface area (Å²) < 4.78 is 0. The molecule has 1 fully saturated rings. The van der Waals surface area contributed by atoms with E-state index in [9.17, 15) is 0 Å². The Morgan fingerprint density at radius 3 is 3.06 bits per heavy atom. The summed E-state index contributed by atoms with van der Waals surface area (Å²) in [5.41, 5.74) is 1.94. The molecule has 0 atom stereocenters. The van der Waals surface area contributed by atoms with E-state index in [0.29, 0.717) is 6.04 Å². The lowest BCUT2D eigenvalue weighted by molar-refractivity contribution is 0.677. The molecule has 0 aromatic carbocycles. The van der Waals surface area contributed by atoms with Crippen LogP contribution in [-0.2, 0) is 6.54 Å². The number of aromatic nitrogens is 4. The molecule has 1 aliphatic carbocycles. The third-order valence-corrected chi connectivity index (χ3v) is 2.81. The summed E-state index contributed by atoms with van der Waals surface area (Å²) in [7, 11) is 0. The van der Waals surface area contributed by atoms with E-state index in [0.717, 1.165) is 29.6 Å². The van der Waals surface area contributed by atoms with Crippen LogP contribution in [0.2, 0.25) is 0 Å². The molecule has 0 saturated heterocycles. The molecule has 2 aromatic heterocycles. The molecule has 0 spiro atoms. The first kappa shape index (κ1) is 10.4. The van der Waals surface area contributed by atoms with E-state index in [1.807, 2.05) is 19.2 Å². The highest BCUT2D eigenvalue weighted by Gasteiger charge is 2.20. The number of nitrogens with one attached hydrogen (secondary N) is 2. The van der Waals surface area contributed by atoms with Crippen molar-refractivity contribution in [2.45, 2.75) is 32.4 Å². The van der Waals surface area contributed by atoms with Gasteiger partial charge in [-0.2, -0.15) is 0 Å². The Labute approximate surface area is 99.7 Å². The van der Waals surface area contributed by atoms with Crippen molar-refractivity contribution >= 4 is 0 Å². The van der Waals surface area contributed by atoms with Crippen molar-refractivity contribution in [3.05, 3.63) is 30.0 Å². The summed E-state index contributed by atoms with van der Waals surface area (Å²) >= 11 is 0. The predicted molar refractivity (Wildman–Crippen MR) is 64.2 cm³/mol. The normalized spacial score (nSPS) is 15.1. The van der Waals surface area contributed by atoms with Gasteiger partial charge >= 0.3 is 0 Å². The predicted octanol–water partition coefficient (Wildman–Crippen LogP) is 1.43. The fourth-order valence-corrected chi connectivity index (χ4v) is 1.71. The summed E-state index contributed by atoms with van der Waals surface area (Å²) in [6.45, 7) is 2.73. The SMILES string of the molecule is Cc1nccc(-c2ncc(CNC3CC3)[nH]2)n1. The number of hydrogen-bond donors (Lipinski definition) is 2. The van der Waals surface area contributed by atoms with Crippen LogP contribution in [0.4, 0.5) is 0 Å². The Hall–Kier alpha value is -1.75. The van der Waals surface area contributed by atoms with E-state index in [2.05, 4.69) is 25.3 Å². The first-order valence-electron chi connectivity index (χ1n) is 5.88. The highest BCUT2D eigenvalue weighted by Crippen LogP contribution is 2.19. The van der Waals surface area contributed by atoms with E-state index >= 15 is 0 Å². The first-order chi connectivity index (χ1) is 8.31. The molecular weight excluding hydrogens is 214 g/mol. The quantitative estimate of drug-likeness (QED) is 0.832. The Balaban J connectivity index is 1.74. The molecule has 0 amide bonds. The molecule has 2 heterocycles. The van der Waals surface area contributed by atoms with Crippen LogP contribution < -0.4 is 5.32 Å². The van der Waals surface area contributed by atoms with Crippen molar-refractivity contribution in [3.63, 3.8) is 0 Å². The highest BCUT2D eigenvalue weighted by atomic mass is 15.0. The van der Waals surface area contributed by atoms with Gasteiger partial charge in [0.2, 0.25) is 0 Å². The maximum atomic E-state index is 4.34. The van der Waals surface area contributed by atoms with Crippen LogP contribution in [-0.4, -0.2) is 26.0 Å². The summed E-state index contributed by atoms with van der Waals surface area (Å²) in [6, 6.07) is 2.58. The highest BCUT2D eigenvalue weighted by molar-refractivity contribution is 5.48. The lowest BCUT2D eigenvalue weighted by atomic mass is 10.4. The molecule has 2 N–H and O–H groups in total. The minimum atomic E-state index is 0.711. The Morgan fingerprint density at radius 1 is 1.41 bits per heavy atom. The number of H-pyrrole nitrogens is 1. The zero-order valence-corrected chi connectivity index (χ0v) is 9.77. The fourth-order valence-electron chi connectivity index (χ4n) is 1.71. The van der Waals surface area contributed by atoms with Crippen LogP contribution in [0.1, 0.15) is 24.4 Å². The van der Waals surface area contributed by atoms with Gasteiger partial charge in [0.15, 0.2) is 5.82 Å². The van der Waals surface area contributed by atoms with Crippen LogP contribution in [0.3, 0.4) is 0 Å². The number of aromatic amines is 1. The molecule has 5 heteroatoms. The second kappa shape index (κ2) is 4.25. The Kier molecular flexibility index (Phi) is 2.60. The Bertz CT molecular complexity index is 515. The van der Waals surface area contributed by atoms with Gasteiger partial charge in [-0.25, -0.2) is 15.0 Å². The number of hydrogen-bond acceptors (Lipinski definition) is 4. The zero-order valence-electron chi connectivity index (χ0n) is 9.77. The minimum Gasteiger partial charge on any atom is -0.339 e. The van der Waals surface area contributed by atoms with Crippen molar-refractivity contribution in [3.8, 4) is 11.5 Å². The van der Waals surface area contributed by atoms with Crippen molar-refractivity contribution in [2.24, 2.45) is 0 Å². The largest absolute Gasteiger partial charge is 0.339 e. The van der Waals surface area contributed by atoms with Gasteiger partial charge in [-0.15, -0.1) is 0 Å². The van der Waals surface area contributed by atoms with Gasteiger partial charge in [-0.05, 0) is 25.8 Å². The summed E-state index contributed by atoms with van der Waals surface area (Å²) in [4.78, 5) is 16.0. The standard InChI is InChI=1S/C12H15N5/c1-8-13-5-4-11(16-8)12-15-7-10(17-12)6-14-9-2-3-9/h4-5,7,9,14H,2-3,6H2,1H3,(H,15,17). The van der Waals surface area contributed by atoms with Crippen LogP contribution >= 0.6 is 0 Å². The topological polar surface area (TPSA) is 66.5 Å². The van der Waals surface area contributed by atoms with Gasteiger partial charge in [0.25, 0.3) is 0 Å². The van der Waals surface area contributed by atoms with Gasteiger partial charge in [0, 0.05) is 24.5 Å². The van der Waals surface area contributed by atoms with Crippen LogP contribution in [0.25, 0.3) is 11.5 Å². The molecule has 5 nitrogen and oxygen atoms in total. The van der Waals surface area contributed by atoms with Crippen molar-refractivity contribution < 1.29 is 0 Å². The van der Waals surface area contributed by atoms with Crippen molar-refractivity contribution in [1.29, 1.82) is 0 Å². The third-order valence-electron chi connectivity index (χ3n) is 2.81. The minimum absolute atomic E-state index is 0.711. The molecular formula is C12H15N5. The maximum absolute atomic E-state index is 4.34. The summed E-state index contributed by atoms with van der Waals surface area (Å²) in [5.74, 6) is 1.57. The monoisotopic (exact) mass is 229 g/mol. The van der Waals surface area contributed by atoms with E-state index < -0.39 is 0 Å². The molecule has 88 valence electrons. The number of imidazole rings is 1. The molecule has 3 rings (SSSR count). The van der Waals surface area contributed by atoms with E-state index in [1.54, 1.807) is 6.20 Å². The zero-order chi connectivity index (χ0) is 11.7. The van der Waals surface area contributed by atoms with Crippen LogP contribution in [0.5, 0.6) is 0 Å². The molecule has 17 heavy (non-hydrogen) atoms. The average molecular weight is 229 g/mol. The van der Waals surface area contributed by atoms with Gasteiger partial charge in [0.1, 0.15) is 11.5 Å². The maximum Gasteiger partial charge on any atom is 0.156 e. The fraction of sp³-hybridized carbons (Fsp3) is 0.417. The second-order valence-corrected chi connectivity index (χ2v) is 4.40. The second-order valence-electron chi connectivity index (χ2n) is 4.40. The van der Waals surface area contributed by atoms with Gasteiger partial charge in [-0.1, -0.05) is 0 Å². The van der Waals surface area contributed by atoms with E-state index in [-0.39, 0.29) is 0 Å². The Morgan fingerprint density at radius 2 is 2.29 bits per heavy atom.